The number of rotatable bonds is 4. The van der Waals surface area contributed by atoms with Gasteiger partial charge in [-0.05, 0) is 48.4 Å². The van der Waals surface area contributed by atoms with Gasteiger partial charge in [-0.3, -0.25) is 4.79 Å². The van der Waals surface area contributed by atoms with Crippen LogP contribution in [-0.2, 0) is 13.0 Å². The monoisotopic (exact) mass is 348 g/mol. The minimum atomic E-state index is -0.201. The lowest BCUT2D eigenvalue weighted by molar-refractivity contribution is 0.102. The van der Waals surface area contributed by atoms with Gasteiger partial charge in [-0.25, -0.2) is 0 Å². The predicted molar refractivity (Wildman–Crippen MR) is 96.6 cm³/mol. The number of carbonyl (C=O) groups is 1. The normalized spacial score (nSPS) is 12.6. The van der Waals surface area contributed by atoms with Crippen LogP contribution in [-0.4, -0.2) is 26.7 Å². The largest absolute Gasteiger partial charge is 0.497 e. The molecule has 0 unspecified atom stereocenters. The number of nitrogens with one attached hydrogen (secondary N) is 2. The Labute approximate surface area is 147 Å². The van der Waals surface area contributed by atoms with E-state index in [1.807, 2.05) is 12.1 Å². The molecule has 0 saturated carbocycles. The second-order valence-corrected chi connectivity index (χ2v) is 5.43. The number of fused-ring (bicyclic) bond motifs is 1. The molecule has 0 radical (unpaired) electrons. The molecule has 1 aliphatic heterocycles. The molecule has 5 nitrogen and oxygen atoms in total. The van der Waals surface area contributed by atoms with E-state index in [-0.39, 0.29) is 18.3 Å². The number of ether oxygens (including phenoxy) is 2. The van der Waals surface area contributed by atoms with E-state index in [9.17, 15) is 4.79 Å². The Hall–Kier alpha value is -2.24. The summed E-state index contributed by atoms with van der Waals surface area (Å²) in [6.45, 7) is 1.84. The van der Waals surface area contributed by atoms with Crippen molar-refractivity contribution in [1.82, 2.24) is 5.32 Å². The first kappa shape index (κ1) is 18.1. The van der Waals surface area contributed by atoms with Gasteiger partial charge in [-0.2, -0.15) is 0 Å². The molecule has 2 aromatic carbocycles. The van der Waals surface area contributed by atoms with E-state index in [1.165, 1.54) is 18.2 Å². The second-order valence-electron chi connectivity index (χ2n) is 5.43. The zero-order valence-corrected chi connectivity index (χ0v) is 14.5. The van der Waals surface area contributed by atoms with Crippen LogP contribution >= 0.6 is 12.4 Å². The predicted octanol–water partition coefficient (Wildman–Crippen LogP) is 3.02. The highest BCUT2D eigenvalue weighted by Gasteiger charge is 2.15. The Bertz CT molecular complexity index is 734. The maximum atomic E-state index is 12.5. The third-order valence-electron chi connectivity index (χ3n) is 4.00. The van der Waals surface area contributed by atoms with Crippen LogP contribution in [0.1, 0.15) is 21.5 Å². The van der Waals surface area contributed by atoms with Gasteiger partial charge in [0.05, 0.1) is 19.8 Å². The fourth-order valence-corrected chi connectivity index (χ4v) is 2.74. The lowest BCUT2D eigenvalue weighted by atomic mass is 10.0. The number of methoxy groups -OCH3 is 2. The Morgan fingerprint density at radius 2 is 1.92 bits per heavy atom. The second kappa shape index (κ2) is 8.04. The number of carbonyl (C=O) groups excluding carboxylic acids is 1. The maximum absolute atomic E-state index is 12.5. The molecule has 2 N–H and O–H groups in total. The molecule has 1 amide bonds. The van der Waals surface area contributed by atoms with Crippen LogP contribution in [0.4, 0.5) is 5.69 Å². The zero-order chi connectivity index (χ0) is 16.2. The molecule has 2 aromatic rings. The van der Waals surface area contributed by atoms with Crippen molar-refractivity contribution >= 4 is 24.0 Å². The van der Waals surface area contributed by atoms with Gasteiger partial charge in [0.25, 0.3) is 5.91 Å². The van der Waals surface area contributed by atoms with Crippen LogP contribution < -0.4 is 20.1 Å². The number of halogens is 1. The Balaban J connectivity index is 0.00000208. The summed E-state index contributed by atoms with van der Waals surface area (Å²) in [5, 5.41) is 6.27. The molecule has 0 saturated heterocycles. The molecule has 1 aliphatic rings. The molecule has 128 valence electrons. The maximum Gasteiger partial charge on any atom is 0.259 e. The Morgan fingerprint density at radius 3 is 2.67 bits per heavy atom. The first-order valence-electron chi connectivity index (χ1n) is 7.57. The summed E-state index contributed by atoms with van der Waals surface area (Å²) in [5.41, 5.74) is 3.83. The molecule has 24 heavy (non-hydrogen) atoms. The van der Waals surface area contributed by atoms with E-state index in [0.717, 1.165) is 25.2 Å². The average molecular weight is 349 g/mol. The molecule has 0 atom stereocenters. The van der Waals surface area contributed by atoms with Gasteiger partial charge in [-0.15, -0.1) is 12.4 Å². The highest BCUT2D eigenvalue weighted by atomic mass is 35.5. The number of benzene rings is 2. The summed E-state index contributed by atoms with van der Waals surface area (Å²) in [6, 6.07) is 11.2. The molecule has 6 heteroatoms. The van der Waals surface area contributed by atoms with E-state index in [4.69, 9.17) is 9.47 Å². The lowest BCUT2D eigenvalue weighted by Gasteiger charge is -2.18. The zero-order valence-electron chi connectivity index (χ0n) is 13.7. The van der Waals surface area contributed by atoms with E-state index in [0.29, 0.717) is 17.1 Å². The fourth-order valence-electron chi connectivity index (χ4n) is 2.74. The van der Waals surface area contributed by atoms with Gasteiger partial charge in [0, 0.05) is 18.3 Å². The Kier molecular flexibility index (Phi) is 6.06. The molecular weight excluding hydrogens is 328 g/mol. The average Bonchev–Trinajstić information content (AvgIpc) is 2.60. The van der Waals surface area contributed by atoms with Crippen molar-refractivity contribution in [3.05, 3.63) is 53.1 Å². The lowest BCUT2D eigenvalue weighted by Crippen LogP contribution is -2.23. The standard InChI is InChI=1S/C18H20N2O3.ClH/c1-22-15-5-6-16(17(10-15)23-2)18(21)20-14-4-3-12-7-8-19-11-13(12)9-14;/h3-6,9-10,19H,7-8,11H2,1-2H3,(H,20,21);1H. The highest BCUT2D eigenvalue weighted by Crippen LogP contribution is 2.26. The van der Waals surface area contributed by atoms with Crippen LogP contribution in [0.25, 0.3) is 0 Å². The van der Waals surface area contributed by atoms with Gasteiger partial charge in [0.1, 0.15) is 11.5 Å². The van der Waals surface area contributed by atoms with Crippen molar-refractivity contribution in [3.63, 3.8) is 0 Å². The molecule has 3 rings (SSSR count). The van der Waals surface area contributed by atoms with Crippen LogP contribution in [0.5, 0.6) is 11.5 Å². The summed E-state index contributed by atoms with van der Waals surface area (Å²) < 4.78 is 10.4. The number of hydrogen-bond donors (Lipinski definition) is 2. The first-order chi connectivity index (χ1) is 11.2. The topological polar surface area (TPSA) is 59.6 Å². The molecular formula is C18H21ClN2O3. The van der Waals surface area contributed by atoms with Crippen molar-refractivity contribution in [1.29, 1.82) is 0 Å². The fraction of sp³-hybridized carbons (Fsp3) is 0.278. The highest BCUT2D eigenvalue weighted by molar-refractivity contribution is 6.06. The van der Waals surface area contributed by atoms with Crippen molar-refractivity contribution in [2.24, 2.45) is 0 Å². The summed E-state index contributed by atoms with van der Waals surface area (Å²) >= 11 is 0. The van der Waals surface area contributed by atoms with E-state index in [1.54, 1.807) is 25.3 Å². The minimum Gasteiger partial charge on any atom is -0.497 e. The number of anilines is 1. The van der Waals surface area contributed by atoms with Gasteiger partial charge in [0.15, 0.2) is 0 Å². The molecule has 1 heterocycles. The van der Waals surface area contributed by atoms with Crippen LogP contribution in [0.15, 0.2) is 36.4 Å². The minimum absolute atomic E-state index is 0. The molecule has 0 bridgehead atoms. The van der Waals surface area contributed by atoms with Crippen molar-refractivity contribution in [2.75, 3.05) is 26.1 Å². The molecule has 0 spiro atoms. The quantitative estimate of drug-likeness (QED) is 0.891. The number of amides is 1. The molecule has 0 aliphatic carbocycles. The van der Waals surface area contributed by atoms with Crippen molar-refractivity contribution < 1.29 is 14.3 Å². The van der Waals surface area contributed by atoms with Gasteiger partial charge < -0.3 is 20.1 Å². The van der Waals surface area contributed by atoms with Gasteiger partial charge >= 0.3 is 0 Å². The smallest absolute Gasteiger partial charge is 0.259 e. The third kappa shape index (κ3) is 3.80. The van der Waals surface area contributed by atoms with Gasteiger partial charge in [-0.1, -0.05) is 6.07 Å². The van der Waals surface area contributed by atoms with Crippen LogP contribution in [0, 0.1) is 0 Å². The summed E-state index contributed by atoms with van der Waals surface area (Å²) in [5.74, 6) is 0.938. The van der Waals surface area contributed by atoms with E-state index < -0.39 is 0 Å². The van der Waals surface area contributed by atoms with E-state index >= 15 is 0 Å². The summed E-state index contributed by atoms with van der Waals surface area (Å²) in [6.07, 6.45) is 1.02. The van der Waals surface area contributed by atoms with Gasteiger partial charge in [0.2, 0.25) is 0 Å². The SMILES string of the molecule is COc1ccc(C(=O)Nc2ccc3c(c2)CNCC3)c(OC)c1.Cl. The Morgan fingerprint density at radius 1 is 1.08 bits per heavy atom. The van der Waals surface area contributed by atoms with Crippen molar-refractivity contribution in [3.8, 4) is 11.5 Å². The summed E-state index contributed by atoms with van der Waals surface area (Å²) in [7, 11) is 3.12. The number of hydrogen-bond acceptors (Lipinski definition) is 4. The van der Waals surface area contributed by atoms with Crippen molar-refractivity contribution in [2.45, 2.75) is 13.0 Å². The third-order valence-corrected chi connectivity index (χ3v) is 4.00. The molecule has 0 fully saturated rings. The first-order valence-corrected chi connectivity index (χ1v) is 7.57. The van der Waals surface area contributed by atoms with Crippen LogP contribution in [0.2, 0.25) is 0 Å². The summed E-state index contributed by atoms with van der Waals surface area (Å²) in [4.78, 5) is 12.5. The molecule has 0 aromatic heterocycles. The van der Waals surface area contributed by atoms with Crippen LogP contribution in [0.3, 0.4) is 0 Å². The van der Waals surface area contributed by atoms with E-state index in [2.05, 4.69) is 16.7 Å².